The Balaban J connectivity index is 1.37. The molecule has 0 bridgehead atoms. The minimum Gasteiger partial charge on any atom is -0.354 e. The van der Waals surface area contributed by atoms with Gasteiger partial charge < -0.3 is 5.32 Å². The van der Waals surface area contributed by atoms with E-state index in [0.717, 1.165) is 57.3 Å². The molecule has 1 aliphatic heterocycles. The highest BCUT2D eigenvalue weighted by Crippen LogP contribution is 2.41. The van der Waals surface area contributed by atoms with E-state index in [1.807, 2.05) is 17.4 Å². The third-order valence-electron chi connectivity index (χ3n) is 5.87. The van der Waals surface area contributed by atoms with Gasteiger partial charge in [0.1, 0.15) is 5.82 Å². The minimum absolute atomic E-state index is 0.0637. The Bertz CT molecular complexity index is 782. The van der Waals surface area contributed by atoms with E-state index in [-0.39, 0.29) is 11.7 Å². The van der Waals surface area contributed by atoms with Gasteiger partial charge in [-0.25, -0.2) is 4.39 Å². The van der Waals surface area contributed by atoms with Gasteiger partial charge >= 0.3 is 0 Å². The van der Waals surface area contributed by atoms with E-state index >= 15 is 0 Å². The molecule has 0 radical (unpaired) electrons. The van der Waals surface area contributed by atoms with Crippen LogP contribution in [0.25, 0.3) is 0 Å². The molecule has 1 aromatic carbocycles. The maximum atomic E-state index is 13.7. The summed E-state index contributed by atoms with van der Waals surface area (Å²) in [6.07, 6.45) is 4.77. The fourth-order valence-corrected chi connectivity index (χ4v) is 5.30. The van der Waals surface area contributed by atoms with E-state index in [2.05, 4.69) is 21.7 Å². The number of hydrogen-bond donors (Lipinski definition) is 1. The predicted octanol–water partition coefficient (Wildman–Crippen LogP) is 3.87. The zero-order chi connectivity index (χ0) is 18.0. The molecule has 4 rings (SSSR count). The van der Waals surface area contributed by atoms with Gasteiger partial charge in [0.15, 0.2) is 0 Å². The first-order valence-electron chi connectivity index (χ1n) is 9.49. The topological polar surface area (TPSA) is 32.3 Å². The molecule has 1 aromatic heterocycles. The molecule has 0 unspecified atom stereocenters. The van der Waals surface area contributed by atoms with E-state index in [0.29, 0.717) is 6.54 Å². The van der Waals surface area contributed by atoms with Crippen LogP contribution in [0.4, 0.5) is 4.39 Å². The molecule has 3 nitrogen and oxygen atoms in total. The van der Waals surface area contributed by atoms with Crippen LogP contribution in [0.2, 0.25) is 0 Å². The first-order valence-corrected chi connectivity index (χ1v) is 10.4. The molecule has 1 N–H and O–H groups in total. The monoisotopic (exact) mass is 372 g/mol. The molecule has 1 fully saturated rings. The van der Waals surface area contributed by atoms with Gasteiger partial charge in [0, 0.05) is 31.1 Å². The van der Waals surface area contributed by atoms with E-state index in [1.54, 1.807) is 6.07 Å². The van der Waals surface area contributed by atoms with E-state index < -0.39 is 5.41 Å². The summed E-state index contributed by atoms with van der Waals surface area (Å²) in [7, 11) is 0. The third kappa shape index (κ3) is 3.42. The van der Waals surface area contributed by atoms with Crippen LogP contribution in [-0.4, -0.2) is 30.4 Å². The Labute approximate surface area is 158 Å². The highest BCUT2D eigenvalue weighted by molar-refractivity contribution is 7.10. The van der Waals surface area contributed by atoms with Gasteiger partial charge in [-0.3, -0.25) is 9.69 Å². The van der Waals surface area contributed by atoms with Crippen molar-refractivity contribution >= 4 is 17.2 Å². The average molecular weight is 373 g/mol. The number of nitrogens with one attached hydrogen (secondary N) is 1. The Kier molecular flexibility index (Phi) is 5.09. The molecule has 1 aliphatic carbocycles. The van der Waals surface area contributed by atoms with E-state index in [4.69, 9.17) is 0 Å². The summed E-state index contributed by atoms with van der Waals surface area (Å²) < 4.78 is 13.7. The van der Waals surface area contributed by atoms with Gasteiger partial charge in [-0.05, 0) is 54.0 Å². The van der Waals surface area contributed by atoms with Crippen molar-refractivity contribution in [3.05, 3.63) is 57.5 Å². The van der Waals surface area contributed by atoms with Crippen LogP contribution >= 0.6 is 11.3 Å². The summed E-state index contributed by atoms with van der Waals surface area (Å²) in [6.45, 7) is 3.54. The molecule has 0 atom stereocenters. The number of rotatable bonds is 5. The van der Waals surface area contributed by atoms with Crippen LogP contribution < -0.4 is 5.32 Å². The molecule has 0 saturated heterocycles. The summed E-state index contributed by atoms with van der Waals surface area (Å²) in [5.41, 5.74) is 1.71. The molecule has 1 saturated carbocycles. The number of carbonyl (C=O) groups is 1. The van der Waals surface area contributed by atoms with E-state index in [1.165, 1.54) is 22.6 Å². The van der Waals surface area contributed by atoms with E-state index in [9.17, 15) is 9.18 Å². The molecule has 0 spiro atoms. The van der Waals surface area contributed by atoms with Crippen LogP contribution in [-0.2, 0) is 23.2 Å². The van der Waals surface area contributed by atoms with Crippen LogP contribution in [0.5, 0.6) is 0 Å². The first-order chi connectivity index (χ1) is 12.7. The molecule has 2 heterocycles. The van der Waals surface area contributed by atoms with Crippen LogP contribution in [0, 0.1) is 5.82 Å². The number of thiophene rings is 1. The second-order valence-corrected chi connectivity index (χ2v) is 8.45. The summed E-state index contributed by atoms with van der Waals surface area (Å²) >= 11 is 1.84. The Morgan fingerprint density at radius 1 is 1.27 bits per heavy atom. The maximum absolute atomic E-state index is 13.7. The van der Waals surface area contributed by atoms with Gasteiger partial charge in [-0.15, -0.1) is 11.3 Å². The third-order valence-corrected chi connectivity index (χ3v) is 6.89. The second-order valence-electron chi connectivity index (χ2n) is 7.45. The number of nitrogens with zero attached hydrogens (tertiary/aromatic N) is 1. The maximum Gasteiger partial charge on any atom is 0.230 e. The van der Waals surface area contributed by atoms with Crippen LogP contribution in [0.1, 0.15) is 41.7 Å². The lowest BCUT2D eigenvalue weighted by Crippen LogP contribution is -2.45. The van der Waals surface area contributed by atoms with Gasteiger partial charge in [0.05, 0.1) is 5.41 Å². The summed E-state index contributed by atoms with van der Waals surface area (Å²) in [5.74, 6) is -0.199. The zero-order valence-electron chi connectivity index (χ0n) is 15.0. The average Bonchev–Trinajstić information content (AvgIpc) is 3.31. The van der Waals surface area contributed by atoms with Gasteiger partial charge in [-0.1, -0.05) is 25.0 Å². The largest absolute Gasteiger partial charge is 0.354 e. The molecule has 1 amide bonds. The molecule has 2 aromatic rings. The van der Waals surface area contributed by atoms with Gasteiger partial charge in [0.2, 0.25) is 5.91 Å². The zero-order valence-corrected chi connectivity index (χ0v) is 15.8. The van der Waals surface area contributed by atoms with Crippen molar-refractivity contribution in [2.75, 3.05) is 19.6 Å². The highest BCUT2D eigenvalue weighted by Gasteiger charge is 2.42. The number of fused-ring (bicyclic) bond motifs is 1. The lowest BCUT2D eigenvalue weighted by Gasteiger charge is -2.30. The smallest absolute Gasteiger partial charge is 0.230 e. The van der Waals surface area contributed by atoms with Crippen molar-refractivity contribution in [1.82, 2.24) is 10.2 Å². The quantitative estimate of drug-likeness (QED) is 0.864. The van der Waals surface area contributed by atoms with Crippen LogP contribution in [0.15, 0.2) is 35.7 Å². The fraction of sp³-hybridized carbons (Fsp3) is 0.476. The Hall–Kier alpha value is -1.72. The molecular formula is C21H25FN2OS. The van der Waals surface area contributed by atoms with Crippen LogP contribution in [0.3, 0.4) is 0 Å². The number of amides is 1. The van der Waals surface area contributed by atoms with Crippen molar-refractivity contribution < 1.29 is 9.18 Å². The van der Waals surface area contributed by atoms with Gasteiger partial charge in [-0.2, -0.15) is 0 Å². The first kappa shape index (κ1) is 17.7. The fourth-order valence-electron chi connectivity index (χ4n) is 4.41. The minimum atomic E-state index is -0.551. The normalized spacial score (nSPS) is 19.3. The number of carbonyl (C=O) groups excluding carboxylic acids is 1. The Morgan fingerprint density at radius 3 is 2.92 bits per heavy atom. The molecular weight excluding hydrogens is 347 g/mol. The number of hydrogen-bond acceptors (Lipinski definition) is 3. The molecule has 138 valence electrons. The highest BCUT2D eigenvalue weighted by atomic mass is 32.1. The van der Waals surface area contributed by atoms with Crippen molar-refractivity contribution in [2.45, 2.75) is 44.1 Å². The van der Waals surface area contributed by atoms with Crippen molar-refractivity contribution in [3.8, 4) is 0 Å². The SMILES string of the molecule is O=C(NCCN1CCc2sccc2C1)C1(c2cccc(F)c2)CCCC1. The lowest BCUT2D eigenvalue weighted by molar-refractivity contribution is -0.126. The molecule has 2 aliphatic rings. The summed E-state index contributed by atoms with van der Waals surface area (Å²) in [5, 5.41) is 5.31. The van der Waals surface area contributed by atoms with Crippen molar-refractivity contribution in [2.24, 2.45) is 0 Å². The lowest BCUT2D eigenvalue weighted by atomic mass is 9.78. The number of benzene rings is 1. The predicted molar refractivity (Wildman–Crippen MR) is 103 cm³/mol. The summed E-state index contributed by atoms with van der Waals surface area (Å²) in [4.78, 5) is 16.9. The van der Waals surface area contributed by atoms with Crippen molar-refractivity contribution in [1.29, 1.82) is 0 Å². The Morgan fingerprint density at radius 2 is 2.12 bits per heavy atom. The second kappa shape index (κ2) is 7.49. The van der Waals surface area contributed by atoms with Crippen molar-refractivity contribution in [3.63, 3.8) is 0 Å². The summed E-state index contributed by atoms with van der Waals surface area (Å²) in [6, 6.07) is 8.80. The molecule has 26 heavy (non-hydrogen) atoms. The number of halogens is 1. The molecule has 5 heteroatoms. The van der Waals surface area contributed by atoms with Gasteiger partial charge in [0.25, 0.3) is 0 Å². The standard InChI is InChI=1S/C21H25FN2OS/c22-18-5-3-4-17(14-18)21(8-1-2-9-21)20(25)23-10-12-24-11-6-19-16(15-24)7-13-26-19/h3-5,7,13-14H,1-2,6,8-12,15H2,(H,23,25).